The minimum absolute atomic E-state index is 0.247. The number of anilines is 3. The third-order valence-electron chi connectivity index (χ3n) is 5.76. The van der Waals surface area contributed by atoms with Crippen molar-refractivity contribution in [1.29, 1.82) is 0 Å². The molecule has 172 valence electrons. The zero-order chi connectivity index (χ0) is 23.5. The summed E-state index contributed by atoms with van der Waals surface area (Å²) >= 11 is 6.61. The first-order chi connectivity index (χ1) is 15.8. The van der Waals surface area contributed by atoms with Gasteiger partial charge in [0, 0.05) is 42.6 Å². The van der Waals surface area contributed by atoms with Gasteiger partial charge in [0.1, 0.15) is 5.65 Å². The number of benzene rings is 2. The number of nitrogens with zero attached hydrogens (tertiary/aromatic N) is 3. The summed E-state index contributed by atoms with van der Waals surface area (Å²) in [4.78, 5) is 12.5. The first-order valence-corrected chi connectivity index (χ1v) is 13.6. The Hall–Kier alpha value is -2.59. The molecule has 0 saturated carbocycles. The Morgan fingerprint density at radius 2 is 1.73 bits per heavy atom. The lowest BCUT2D eigenvalue weighted by atomic mass is 10.1. The van der Waals surface area contributed by atoms with Crippen molar-refractivity contribution >= 4 is 52.9 Å². The van der Waals surface area contributed by atoms with Gasteiger partial charge in [-0.1, -0.05) is 49.9 Å². The van der Waals surface area contributed by atoms with Crippen LogP contribution in [0.3, 0.4) is 0 Å². The maximum atomic E-state index is 6.61. The quantitative estimate of drug-likeness (QED) is 0.305. The Kier molecular flexibility index (Phi) is 7.23. The predicted molar refractivity (Wildman–Crippen MR) is 146 cm³/mol. The summed E-state index contributed by atoms with van der Waals surface area (Å²) in [5.41, 5.74) is 6.13. The first-order valence-electron chi connectivity index (χ1n) is 11.0. The van der Waals surface area contributed by atoms with Gasteiger partial charge in [0.25, 0.3) is 0 Å². The SMILES string of the molecule is CN(C)CCN(C)c1ccc(-c2cc3c(Nc4ccccc4P(C)C)c(Cl)cnc3[nH]2)cc1. The van der Waals surface area contributed by atoms with Crippen molar-refractivity contribution in [2.45, 2.75) is 0 Å². The van der Waals surface area contributed by atoms with Gasteiger partial charge in [0.15, 0.2) is 0 Å². The highest BCUT2D eigenvalue weighted by molar-refractivity contribution is 7.64. The van der Waals surface area contributed by atoms with Crippen molar-refractivity contribution in [3.8, 4) is 11.3 Å². The zero-order valence-corrected chi connectivity index (χ0v) is 21.5. The van der Waals surface area contributed by atoms with Gasteiger partial charge < -0.3 is 20.1 Å². The van der Waals surface area contributed by atoms with Crippen LogP contribution in [0, 0.1) is 0 Å². The van der Waals surface area contributed by atoms with E-state index in [9.17, 15) is 0 Å². The van der Waals surface area contributed by atoms with Crippen molar-refractivity contribution in [3.05, 3.63) is 65.8 Å². The highest BCUT2D eigenvalue weighted by Gasteiger charge is 2.14. The Morgan fingerprint density at radius 3 is 2.42 bits per heavy atom. The van der Waals surface area contributed by atoms with E-state index in [0.29, 0.717) is 5.02 Å². The highest BCUT2D eigenvalue weighted by atomic mass is 35.5. The first kappa shape index (κ1) is 23.6. The monoisotopic (exact) mass is 479 g/mol. The van der Waals surface area contributed by atoms with Gasteiger partial charge in [0.2, 0.25) is 0 Å². The van der Waals surface area contributed by atoms with Crippen molar-refractivity contribution in [1.82, 2.24) is 14.9 Å². The molecule has 2 aromatic carbocycles. The molecule has 2 heterocycles. The molecule has 5 nitrogen and oxygen atoms in total. The molecule has 2 aromatic heterocycles. The van der Waals surface area contributed by atoms with Crippen molar-refractivity contribution in [2.75, 3.05) is 57.8 Å². The Labute approximate surface area is 202 Å². The number of pyridine rings is 1. The second kappa shape index (κ2) is 10.1. The lowest BCUT2D eigenvalue weighted by Gasteiger charge is -2.21. The third kappa shape index (κ3) is 5.33. The second-order valence-electron chi connectivity index (χ2n) is 8.73. The maximum Gasteiger partial charge on any atom is 0.139 e. The number of hydrogen-bond acceptors (Lipinski definition) is 4. The number of hydrogen-bond donors (Lipinski definition) is 2. The molecule has 7 heteroatoms. The van der Waals surface area contributed by atoms with Crippen LogP contribution >= 0.6 is 19.5 Å². The third-order valence-corrected chi connectivity index (χ3v) is 7.40. The number of H-pyrrole nitrogens is 1. The Balaban J connectivity index is 1.64. The largest absolute Gasteiger partial charge is 0.373 e. The summed E-state index contributed by atoms with van der Waals surface area (Å²) in [5.74, 6) is 0. The molecule has 0 spiro atoms. The average molecular weight is 480 g/mol. The minimum atomic E-state index is -0.247. The van der Waals surface area contributed by atoms with E-state index in [1.54, 1.807) is 6.20 Å². The van der Waals surface area contributed by atoms with Crippen molar-refractivity contribution in [3.63, 3.8) is 0 Å². The van der Waals surface area contributed by atoms with Crippen molar-refractivity contribution < 1.29 is 0 Å². The lowest BCUT2D eigenvalue weighted by Crippen LogP contribution is -2.28. The van der Waals surface area contributed by atoms with Gasteiger partial charge in [-0.2, -0.15) is 0 Å². The molecule has 0 bridgehead atoms. The predicted octanol–water partition coefficient (Wildman–Crippen LogP) is 5.99. The highest BCUT2D eigenvalue weighted by Crippen LogP contribution is 2.37. The van der Waals surface area contributed by atoms with Gasteiger partial charge in [-0.25, -0.2) is 4.98 Å². The molecule has 33 heavy (non-hydrogen) atoms. The number of fused-ring (bicyclic) bond motifs is 1. The van der Waals surface area contributed by atoms with Gasteiger partial charge in [0.05, 0.1) is 16.9 Å². The average Bonchev–Trinajstić information content (AvgIpc) is 3.24. The molecule has 0 saturated heterocycles. The van der Waals surface area contributed by atoms with E-state index < -0.39 is 0 Å². The van der Waals surface area contributed by atoms with Crippen LogP contribution in [0.5, 0.6) is 0 Å². The summed E-state index contributed by atoms with van der Waals surface area (Å²) in [7, 11) is 6.07. The minimum Gasteiger partial charge on any atom is -0.373 e. The Morgan fingerprint density at radius 1 is 1.00 bits per heavy atom. The molecule has 0 aliphatic rings. The number of aromatic nitrogens is 2. The number of nitrogens with one attached hydrogen (secondary N) is 2. The molecule has 0 aliphatic carbocycles. The number of halogens is 1. The number of aromatic amines is 1. The molecular weight excluding hydrogens is 449 g/mol. The van der Waals surface area contributed by atoms with Gasteiger partial charge in [-0.05, 0) is 62.6 Å². The van der Waals surface area contributed by atoms with Crippen LogP contribution in [0.15, 0.2) is 60.8 Å². The van der Waals surface area contributed by atoms with Crippen LogP contribution in [0.1, 0.15) is 0 Å². The normalized spacial score (nSPS) is 11.5. The van der Waals surface area contributed by atoms with E-state index in [1.165, 1.54) is 11.0 Å². The van der Waals surface area contributed by atoms with Crippen molar-refractivity contribution in [2.24, 2.45) is 0 Å². The van der Waals surface area contributed by atoms with Crippen LogP contribution in [-0.4, -0.2) is 62.4 Å². The molecule has 0 amide bonds. The van der Waals surface area contributed by atoms with Crippen LogP contribution in [0.4, 0.5) is 17.1 Å². The maximum absolute atomic E-state index is 6.61. The van der Waals surface area contributed by atoms with Gasteiger partial charge in [-0.3, -0.25) is 0 Å². The Bertz CT molecular complexity index is 1230. The van der Waals surface area contributed by atoms with E-state index in [4.69, 9.17) is 11.6 Å². The molecule has 0 radical (unpaired) electrons. The van der Waals surface area contributed by atoms with E-state index >= 15 is 0 Å². The fraction of sp³-hybridized carbons (Fsp3) is 0.269. The number of rotatable bonds is 8. The fourth-order valence-electron chi connectivity index (χ4n) is 3.81. The summed E-state index contributed by atoms with van der Waals surface area (Å²) in [5, 5.41) is 6.50. The lowest BCUT2D eigenvalue weighted by molar-refractivity contribution is 0.416. The van der Waals surface area contributed by atoms with E-state index in [0.717, 1.165) is 46.8 Å². The van der Waals surface area contributed by atoms with Gasteiger partial charge in [-0.15, -0.1) is 0 Å². The summed E-state index contributed by atoms with van der Waals surface area (Å²) < 4.78 is 0. The topological polar surface area (TPSA) is 47.2 Å². The number of likely N-dealkylation sites (N-methyl/N-ethyl adjacent to an activating group) is 2. The molecule has 4 rings (SSSR count). The smallest absolute Gasteiger partial charge is 0.139 e. The van der Waals surface area contributed by atoms with Crippen LogP contribution < -0.4 is 15.5 Å². The summed E-state index contributed by atoms with van der Waals surface area (Å²) in [6.07, 6.45) is 1.71. The van der Waals surface area contributed by atoms with E-state index in [1.807, 2.05) is 0 Å². The molecule has 0 fully saturated rings. The summed E-state index contributed by atoms with van der Waals surface area (Å²) in [6.45, 7) is 6.52. The molecule has 0 atom stereocenters. The van der Waals surface area contributed by atoms with Crippen LogP contribution in [0.25, 0.3) is 22.3 Å². The van der Waals surface area contributed by atoms with E-state index in [2.05, 4.69) is 114 Å². The molecule has 0 aliphatic heterocycles. The summed E-state index contributed by atoms with van der Waals surface area (Å²) in [6, 6.07) is 19.2. The molecule has 4 aromatic rings. The van der Waals surface area contributed by atoms with Gasteiger partial charge >= 0.3 is 0 Å². The molecule has 2 N–H and O–H groups in total. The van der Waals surface area contributed by atoms with E-state index in [-0.39, 0.29) is 7.92 Å². The number of para-hydroxylation sites is 1. The second-order valence-corrected chi connectivity index (χ2v) is 11.4. The van der Waals surface area contributed by atoms with Crippen LogP contribution in [0.2, 0.25) is 5.02 Å². The molecule has 0 unspecified atom stereocenters. The fourth-order valence-corrected chi connectivity index (χ4v) is 5.01. The van der Waals surface area contributed by atoms with Crippen LogP contribution in [-0.2, 0) is 0 Å². The standard InChI is InChI=1S/C26H31ClN5P/c1-31(2)14-15-32(3)19-12-10-18(11-13-19)23-16-20-25(21(27)17-28-26(20)30-23)29-22-8-6-7-9-24(22)33(4)5/h6-13,16-17H,14-15H2,1-5H3,(H2,28,29,30). The zero-order valence-electron chi connectivity index (χ0n) is 19.9. The molecular formula is C26H31ClN5P.